The number of benzene rings is 1. The Labute approximate surface area is 144 Å². The van der Waals surface area contributed by atoms with Crippen LogP contribution < -0.4 is 5.32 Å². The van der Waals surface area contributed by atoms with E-state index in [-0.39, 0.29) is 12.4 Å². The van der Waals surface area contributed by atoms with Gasteiger partial charge in [-0.3, -0.25) is 4.68 Å². The summed E-state index contributed by atoms with van der Waals surface area (Å²) >= 11 is 0. The Balaban J connectivity index is 1.89. The SMILES string of the molecule is COCc1cc(CNc2nc3c(cc2C#N)c(C)nn3C)ccc1F. The number of rotatable bonds is 5. The van der Waals surface area contributed by atoms with Crippen molar-refractivity contribution < 1.29 is 9.13 Å². The number of hydrogen-bond donors (Lipinski definition) is 1. The molecule has 3 rings (SSSR count). The van der Waals surface area contributed by atoms with Gasteiger partial charge in [0.25, 0.3) is 0 Å². The van der Waals surface area contributed by atoms with E-state index in [0.717, 1.165) is 16.6 Å². The molecule has 0 aliphatic rings. The maximum absolute atomic E-state index is 13.7. The van der Waals surface area contributed by atoms with Gasteiger partial charge >= 0.3 is 0 Å². The normalized spacial score (nSPS) is 10.8. The second kappa shape index (κ2) is 6.87. The molecule has 128 valence electrons. The summed E-state index contributed by atoms with van der Waals surface area (Å²) in [7, 11) is 3.34. The van der Waals surface area contributed by atoms with Crippen LogP contribution in [0.3, 0.4) is 0 Å². The number of ether oxygens (including phenoxy) is 1. The minimum atomic E-state index is -0.298. The molecule has 0 aliphatic carbocycles. The molecule has 25 heavy (non-hydrogen) atoms. The maximum atomic E-state index is 13.7. The molecule has 3 aromatic rings. The number of methoxy groups -OCH3 is 1. The van der Waals surface area contributed by atoms with Gasteiger partial charge in [-0.15, -0.1) is 0 Å². The lowest BCUT2D eigenvalue weighted by atomic mass is 10.1. The summed E-state index contributed by atoms with van der Waals surface area (Å²) in [5, 5.41) is 17.7. The van der Waals surface area contributed by atoms with Crippen LogP contribution in [0.25, 0.3) is 11.0 Å². The lowest BCUT2D eigenvalue weighted by Crippen LogP contribution is -2.06. The molecule has 0 spiro atoms. The number of aryl methyl sites for hydroxylation is 2. The molecule has 0 atom stereocenters. The molecule has 2 aromatic heterocycles. The van der Waals surface area contributed by atoms with Gasteiger partial charge in [0.15, 0.2) is 5.65 Å². The molecule has 1 aromatic carbocycles. The van der Waals surface area contributed by atoms with E-state index < -0.39 is 0 Å². The summed E-state index contributed by atoms with van der Waals surface area (Å²) in [5.41, 5.74) is 3.35. The Morgan fingerprint density at radius 1 is 1.36 bits per heavy atom. The van der Waals surface area contributed by atoms with Crippen LogP contribution in [-0.4, -0.2) is 21.9 Å². The molecule has 1 N–H and O–H groups in total. The van der Waals surface area contributed by atoms with Crippen LogP contribution in [0.1, 0.15) is 22.4 Å². The summed E-state index contributed by atoms with van der Waals surface area (Å²) in [4.78, 5) is 4.53. The highest BCUT2D eigenvalue weighted by Gasteiger charge is 2.12. The van der Waals surface area contributed by atoms with E-state index in [1.54, 1.807) is 22.9 Å². The third-order valence-electron chi connectivity index (χ3n) is 3.99. The van der Waals surface area contributed by atoms with Gasteiger partial charge < -0.3 is 10.1 Å². The van der Waals surface area contributed by atoms with Crippen LogP contribution in [0.4, 0.5) is 10.2 Å². The van der Waals surface area contributed by atoms with Gasteiger partial charge in [0.05, 0.1) is 17.9 Å². The van der Waals surface area contributed by atoms with E-state index in [1.165, 1.54) is 13.2 Å². The molecule has 0 unspecified atom stereocenters. The molecule has 6 nitrogen and oxygen atoms in total. The van der Waals surface area contributed by atoms with Gasteiger partial charge in [0, 0.05) is 31.7 Å². The predicted octanol–water partition coefficient (Wildman–Crippen LogP) is 3.05. The Morgan fingerprint density at radius 2 is 2.16 bits per heavy atom. The van der Waals surface area contributed by atoms with Crippen LogP contribution >= 0.6 is 0 Å². The molecule has 0 saturated heterocycles. The molecule has 0 bridgehead atoms. The van der Waals surface area contributed by atoms with Crippen molar-refractivity contribution in [2.24, 2.45) is 7.05 Å². The number of aromatic nitrogens is 3. The number of nitrogens with zero attached hydrogens (tertiary/aromatic N) is 4. The third kappa shape index (κ3) is 3.30. The monoisotopic (exact) mass is 339 g/mol. The van der Waals surface area contributed by atoms with Crippen molar-refractivity contribution in [3.63, 3.8) is 0 Å². The van der Waals surface area contributed by atoms with Crippen molar-refractivity contribution in [3.8, 4) is 6.07 Å². The number of nitrogens with one attached hydrogen (secondary N) is 1. The number of nitriles is 1. The fraction of sp³-hybridized carbons (Fsp3) is 0.278. The van der Waals surface area contributed by atoms with Crippen molar-refractivity contribution in [3.05, 3.63) is 52.5 Å². The highest BCUT2D eigenvalue weighted by atomic mass is 19.1. The zero-order chi connectivity index (χ0) is 18.0. The highest BCUT2D eigenvalue weighted by Crippen LogP contribution is 2.23. The number of fused-ring (bicyclic) bond motifs is 1. The molecular formula is C18H18FN5O. The van der Waals surface area contributed by atoms with Crippen molar-refractivity contribution in [1.82, 2.24) is 14.8 Å². The Hall–Kier alpha value is -2.98. The van der Waals surface area contributed by atoms with Crippen molar-refractivity contribution >= 4 is 16.9 Å². The lowest BCUT2D eigenvalue weighted by Gasteiger charge is -2.10. The molecule has 0 amide bonds. The first kappa shape index (κ1) is 16.9. The van der Waals surface area contributed by atoms with E-state index in [9.17, 15) is 9.65 Å². The molecule has 0 fully saturated rings. The van der Waals surface area contributed by atoms with E-state index >= 15 is 0 Å². The summed E-state index contributed by atoms with van der Waals surface area (Å²) in [6, 6.07) is 8.79. The first-order valence-corrected chi connectivity index (χ1v) is 7.78. The van der Waals surface area contributed by atoms with Crippen LogP contribution in [0, 0.1) is 24.1 Å². The Morgan fingerprint density at radius 3 is 2.88 bits per heavy atom. The summed E-state index contributed by atoms with van der Waals surface area (Å²) in [6.45, 7) is 2.51. The molecule has 0 radical (unpaired) electrons. The van der Waals surface area contributed by atoms with Gasteiger partial charge in [-0.05, 0) is 30.7 Å². The average Bonchev–Trinajstić information content (AvgIpc) is 2.88. The lowest BCUT2D eigenvalue weighted by molar-refractivity contribution is 0.181. The number of halogens is 1. The Kier molecular flexibility index (Phi) is 4.63. The second-order valence-electron chi connectivity index (χ2n) is 5.79. The minimum absolute atomic E-state index is 0.210. The van der Waals surface area contributed by atoms with Gasteiger partial charge in [0.2, 0.25) is 0 Å². The molecule has 0 saturated carbocycles. The minimum Gasteiger partial charge on any atom is -0.380 e. The quantitative estimate of drug-likeness (QED) is 0.773. The van der Waals surface area contributed by atoms with Gasteiger partial charge in [-0.25, -0.2) is 9.37 Å². The molecule has 7 heteroatoms. The first-order valence-electron chi connectivity index (χ1n) is 7.78. The van der Waals surface area contributed by atoms with Crippen LogP contribution in [0.2, 0.25) is 0 Å². The highest BCUT2D eigenvalue weighted by molar-refractivity contribution is 5.82. The maximum Gasteiger partial charge on any atom is 0.160 e. The van der Waals surface area contributed by atoms with Crippen LogP contribution in [-0.2, 0) is 24.9 Å². The molecule has 2 heterocycles. The van der Waals surface area contributed by atoms with Crippen molar-refractivity contribution in [2.75, 3.05) is 12.4 Å². The fourth-order valence-electron chi connectivity index (χ4n) is 2.75. The Bertz CT molecular complexity index is 974. The van der Waals surface area contributed by atoms with E-state index in [4.69, 9.17) is 4.74 Å². The summed E-state index contributed by atoms with van der Waals surface area (Å²) in [5.74, 6) is 0.184. The van der Waals surface area contributed by atoms with Crippen molar-refractivity contribution in [1.29, 1.82) is 5.26 Å². The molecular weight excluding hydrogens is 321 g/mol. The zero-order valence-electron chi connectivity index (χ0n) is 14.3. The summed E-state index contributed by atoms with van der Waals surface area (Å²) < 4.78 is 20.4. The first-order chi connectivity index (χ1) is 12.0. The van der Waals surface area contributed by atoms with Crippen molar-refractivity contribution in [2.45, 2.75) is 20.1 Å². The van der Waals surface area contributed by atoms with E-state index in [0.29, 0.717) is 29.1 Å². The number of pyridine rings is 1. The number of anilines is 1. The van der Waals surface area contributed by atoms with Gasteiger partial charge in [-0.1, -0.05) is 6.07 Å². The second-order valence-corrected chi connectivity index (χ2v) is 5.79. The number of hydrogen-bond acceptors (Lipinski definition) is 5. The zero-order valence-corrected chi connectivity index (χ0v) is 14.3. The van der Waals surface area contributed by atoms with Gasteiger partial charge in [-0.2, -0.15) is 10.4 Å². The van der Waals surface area contributed by atoms with E-state index in [1.807, 2.05) is 14.0 Å². The fourth-order valence-corrected chi connectivity index (χ4v) is 2.75. The topological polar surface area (TPSA) is 75.8 Å². The average molecular weight is 339 g/mol. The molecule has 0 aliphatic heterocycles. The third-order valence-corrected chi connectivity index (χ3v) is 3.99. The van der Waals surface area contributed by atoms with E-state index in [2.05, 4.69) is 21.5 Å². The predicted molar refractivity (Wildman–Crippen MR) is 92.4 cm³/mol. The van der Waals surface area contributed by atoms with Crippen LogP contribution in [0.15, 0.2) is 24.3 Å². The van der Waals surface area contributed by atoms with Gasteiger partial charge in [0.1, 0.15) is 17.7 Å². The standard InChI is InChI=1S/C18H18FN5O/c1-11-15-7-13(8-20)17(22-18(15)24(2)23-11)21-9-12-4-5-16(19)14(6-12)10-25-3/h4-7H,9-10H2,1-3H3,(H,21,22). The summed E-state index contributed by atoms with van der Waals surface area (Å²) in [6.07, 6.45) is 0. The largest absolute Gasteiger partial charge is 0.380 e. The smallest absolute Gasteiger partial charge is 0.160 e. The van der Waals surface area contributed by atoms with Crippen LogP contribution in [0.5, 0.6) is 0 Å².